The number of aryl methyl sites for hydroxylation is 1. The zero-order valence-electron chi connectivity index (χ0n) is 52.6. The number of amides is 5. The average molecular weight is 1340 g/mol. The minimum absolute atomic E-state index is 0.0263. The van der Waals surface area contributed by atoms with E-state index >= 15 is 0 Å². The van der Waals surface area contributed by atoms with E-state index in [2.05, 4.69) is 44.6 Å². The molecule has 26 heteroatoms. The van der Waals surface area contributed by atoms with Crippen molar-refractivity contribution in [3.8, 4) is 10.4 Å². The minimum Gasteiger partial charge on any atom is -0.391 e. The van der Waals surface area contributed by atoms with E-state index in [1.807, 2.05) is 93.9 Å². The van der Waals surface area contributed by atoms with Gasteiger partial charge in [-0.1, -0.05) is 83.5 Å². The molecular weight excluding hydrogens is 1250 g/mol. The Balaban J connectivity index is 0.809. The van der Waals surface area contributed by atoms with Crippen molar-refractivity contribution >= 4 is 83.9 Å². The normalized spacial score (nSPS) is 18.5. The van der Waals surface area contributed by atoms with Crippen LogP contribution in [0, 0.1) is 17.8 Å². The number of carbonyl (C=O) groups is 5. The highest BCUT2D eigenvalue weighted by atomic mass is 32.2. The average Bonchev–Trinajstić information content (AvgIpc) is 1.24. The number of aromatic nitrogens is 1. The molecule has 5 atom stereocenters. The fourth-order valence-corrected chi connectivity index (χ4v) is 15.2. The minimum atomic E-state index is -6.15. The number of sulfonamides is 1. The maximum absolute atomic E-state index is 14.4. The molecule has 3 fully saturated rings. The number of sulfone groups is 1. The highest BCUT2D eigenvalue weighted by Gasteiger charge is 2.49. The summed E-state index contributed by atoms with van der Waals surface area (Å²) in [4.78, 5) is 79.6. The molecule has 0 spiro atoms. The third kappa shape index (κ3) is 18.6. The maximum Gasteiger partial charge on any atom is 0.501 e. The van der Waals surface area contributed by atoms with E-state index < -0.39 is 94.3 Å². The number of β-amino-alcohol motifs (C(OH)–C–C–N with tert-alkyl or cyclic N) is 1. The van der Waals surface area contributed by atoms with Crippen molar-refractivity contribution in [2.24, 2.45) is 10.8 Å². The van der Waals surface area contributed by atoms with Crippen molar-refractivity contribution in [2.75, 3.05) is 68.3 Å². The Morgan fingerprint density at radius 2 is 1.48 bits per heavy atom. The number of piperidine rings is 1. The van der Waals surface area contributed by atoms with E-state index in [4.69, 9.17) is 0 Å². The maximum atomic E-state index is 14.4. The molecule has 1 aromatic heterocycles. The summed E-state index contributed by atoms with van der Waals surface area (Å²) < 4.78 is 99.0. The zero-order valence-corrected chi connectivity index (χ0v) is 55.8. The first kappa shape index (κ1) is 70.3. The van der Waals surface area contributed by atoms with Crippen molar-refractivity contribution in [1.82, 2.24) is 35.0 Å². The van der Waals surface area contributed by atoms with Crippen LogP contribution in [0.1, 0.15) is 127 Å². The predicted octanol–water partition coefficient (Wildman–Crippen LogP) is 9.58. The number of aliphatic hydroxyl groups is 1. The molecule has 8 rings (SSSR count). The second-order valence-electron chi connectivity index (χ2n) is 25.7. The molecule has 3 aliphatic rings. The van der Waals surface area contributed by atoms with E-state index in [-0.39, 0.29) is 54.4 Å². The van der Waals surface area contributed by atoms with Gasteiger partial charge in [-0.25, -0.2) is 26.5 Å². The van der Waals surface area contributed by atoms with Gasteiger partial charge in [0.2, 0.25) is 23.6 Å². The Morgan fingerprint density at radius 1 is 0.824 bits per heavy atom. The molecule has 19 nitrogen and oxygen atoms in total. The summed E-state index contributed by atoms with van der Waals surface area (Å²) in [6.07, 6.45) is 3.22. The number of hydrogen-bond donors (Lipinski definition) is 5. The number of nitrogens with zero attached hydrogens (tertiary/aromatic N) is 5. The summed E-state index contributed by atoms with van der Waals surface area (Å²) in [5.74, 6) is -2.07. The molecule has 3 aliphatic heterocycles. The van der Waals surface area contributed by atoms with Crippen molar-refractivity contribution in [2.45, 2.75) is 157 Å². The van der Waals surface area contributed by atoms with Gasteiger partial charge in [-0.2, -0.15) is 13.2 Å². The standard InChI is InChI=1S/C65H84F3N9O10S4/c1-43(45-18-20-46(21-19-45)58-44(2)69-42-89-58)70-61(82)54-38-50(78)40-77(54)62(83)59(63(3,4)5)72-56(79)16-12-9-13-17-57(80)76-36-34-74(35-37-76)31-28-48(41-88-51-14-10-8-11-15-51)71-53-27-26-52(39-55(53)90(84,85)65(66,67)68)91(86,87)73-60(81)47-22-24-49(25-23-47)75-32-29-64(6,7)30-33-75/h8,10-11,14-15,18-27,39,42-43,48,50,54,59,71,78H,9,12-13,16-17,28-38,40-41H2,1-7H3,(H,70,82)(H,72,79)(H,73,81)/t43-,48+,50+,54-,59+/m0/s1. The third-order valence-electron chi connectivity index (χ3n) is 17.1. The van der Waals surface area contributed by atoms with Gasteiger partial charge in [0, 0.05) is 99.6 Å². The van der Waals surface area contributed by atoms with Crippen LogP contribution in [0.3, 0.4) is 0 Å². The predicted molar refractivity (Wildman–Crippen MR) is 348 cm³/mol. The van der Waals surface area contributed by atoms with Crippen molar-refractivity contribution in [3.63, 3.8) is 0 Å². The molecule has 91 heavy (non-hydrogen) atoms. The van der Waals surface area contributed by atoms with Gasteiger partial charge < -0.3 is 35.8 Å². The van der Waals surface area contributed by atoms with Crippen LogP contribution in [-0.2, 0) is 39.0 Å². The fraction of sp³-hybridized carbons (Fsp3) is 0.508. The molecule has 5 amide bonds. The molecule has 0 aliphatic carbocycles. The van der Waals surface area contributed by atoms with Crippen LogP contribution in [0.15, 0.2) is 117 Å². The first-order valence-corrected chi connectivity index (χ1v) is 35.6. The molecule has 3 saturated heterocycles. The number of likely N-dealkylation sites (tertiary alicyclic amines) is 1. The second-order valence-corrected chi connectivity index (χ2v) is 31.2. The number of anilines is 2. The number of unbranched alkanes of at least 4 members (excludes halogenated alkanes) is 2. The number of benzene rings is 4. The number of nitrogens with one attached hydrogen (secondary N) is 4. The summed E-state index contributed by atoms with van der Waals surface area (Å²) in [7, 11) is -11.0. The number of carbonyl (C=O) groups excluding carboxylic acids is 5. The summed E-state index contributed by atoms with van der Waals surface area (Å²) in [6.45, 7) is 17.4. The van der Waals surface area contributed by atoms with Crippen LogP contribution in [0.5, 0.6) is 0 Å². The molecular formula is C65H84F3N9O10S4. The van der Waals surface area contributed by atoms with Crippen molar-refractivity contribution in [1.29, 1.82) is 0 Å². The van der Waals surface area contributed by atoms with Crippen LogP contribution in [-0.4, -0.2) is 159 Å². The Labute approximate surface area is 540 Å². The van der Waals surface area contributed by atoms with Crippen LogP contribution < -0.4 is 25.6 Å². The molecule has 0 radical (unpaired) electrons. The quantitative estimate of drug-likeness (QED) is 0.0270. The number of thioether (sulfide) groups is 1. The van der Waals surface area contributed by atoms with Gasteiger partial charge in [-0.3, -0.25) is 28.9 Å². The second kappa shape index (κ2) is 30.0. The molecule has 5 aromatic rings. The Hall–Kier alpha value is -6.58. The van der Waals surface area contributed by atoms with E-state index in [1.54, 1.807) is 33.9 Å². The number of alkyl halides is 3. The van der Waals surface area contributed by atoms with Crippen LogP contribution in [0.25, 0.3) is 10.4 Å². The number of halogens is 3. The van der Waals surface area contributed by atoms with Gasteiger partial charge in [0.1, 0.15) is 17.0 Å². The molecule has 5 N–H and O–H groups in total. The summed E-state index contributed by atoms with van der Waals surface area (Å²) >= 11 is 2.94. The Morgan fingerprint density at radius 3 is 2.11 bits per heavy atom. The zero-order chi connectivity index (χ0) is 66.1. The lowest BCUT2D eigenvalue weighted by Crippen LogP contribution is -2.57. The summed E-state index contributed by atoms with van der Waals surface area (Å²) in [6, 6.07) is 22.7. The Kier molecular flexibility index (Phi) is 23.2. The molecule has 4 aromatic carbocycles. The van der Waals surface area contributed by atoms with Gasteiger partial charge in [0.05, 0.1) is 38.8 Å². The fourth-order valence-electron chi connectivity index (χ4n) is 11.4. The number of aliphatic hydroxyl groups excluding tert-OH is 1. The summed E-state index contributed by atoms with van der Waals surface area (Å²) in [5.41, 5.74) is -1.40. The van der Waals surface area contributed by atoms with Gasteiger partial charge >= 0.3 is 5.51 Å². The number of thiazole rings is 1. The van der Waals surface area contributed by atoms with Crippen LogP contribution in [0.2, 0.25) is 0 Å². The molecule has 4 heterocycles. The number of hydrogen-bond acceptors (Lipinski definition) is 16. The largest absolute Gasteiger partial charge is 0.501 e. The monoisotopic (exact) mass is 1340 g/mol. The lowest BCUT2D eigenvalue weighted by atomic mass is 9.82. The first-order chi connectivity index (χ1) is 42.9. The summed E-state index contributed by atoms with van der Waals surface area (Å²) in [5, 5.41) is 19.6. The van der Waals surface area contributed by atoms with Gasteiger partial charge in [0.15, 0.2) is 0 Å². The molecule has 0 unspecified atom stereocenters. The Bertz CT molecular complexity index is 3570. The number of piperazine rings is 1. The highest BCUT2D eigenvalue weighted by molar-refractivity contribution is 7.99. The van der Waals surface area contributed by atoms with E-state index in [0.717, 1.165) is 70.3 Å². The first-order valence-electron chi connectivity index (χ1n) is 30.8. The molecule has 0 bridgehead atoms. The number of rotatable bonds is 25. The molecule has 494 valence electrons. The van der Waals surface area contributed by atoms with Gasteiger partial charge in [-0.05, 0) is 123 Å². The van der Waals surface area contributed by atoms with Crippen LogP contribution >= 0.6 is 23.1 Å². The lowest BCUT2D eigenvalue weighted by molar-refractivity contribution is -0.144. The topological polar surface area (TPSA) is 248 Å². The smallest absolute Gasteiger partial charge is 0.391 e. The van der Waals surface area contributed by atoms with E-state index in [9.17, 15) is 59.1 Å². The van der Waals surface area contributed by atoms with Gasteiger partial charge in [-0.15, -0.1) is 23.1 Å². The van der Waals surface area contributed by atoms with E-state index in [1.165, 1.54) is 28.8 Å². The van der Waals surface area contributed by atoms with Crippen molar-refractivity contribution < 1.29 is 59.1 Å². The third-order valence-corrected chi connectivity index (χ3v) is 22.1. The van der Waals surface area contributed by atoms with Gasteiger partial charge in [0.25, 0.3) is 25.8 Å². The lowest BCUT2D eigenvalue weighted by Gasteiger charge is -2.38. The molecule has 0 saturated carbocycles. The van der Waals surface area contributed by atoms with E-state index in [0.29, 0.717) is 64.5 Å². The van der Waals surface area contributed by atoms with Crippen LogP contribution in [0.4, 0.5) is 24.5 Å². The van der Waals surface area contributed by atoms with Crippen molar-refractivity contribution in [3.05, 3.63) is 119 Å². The SMILES string of the molecule is Cc1ncsc1-c1ccc([C@H](C)NC(=O)[C@@H]2C[C@@H](O)CN2C(=O)[C@@H](NC(=O)CCCCCC(=O)N2CCN(CC[C@H](CSc3ccccc3)Nc3ccc(S(=O)(=O)NC(=O)c4ccc(N5CCC(C)(C)CC5)cc4)cc3S(=O)(=O)C(F)(F)F)CC2)C(C)(C)C)cc1. The highest BCUT2D eigenvalue weighted by Crippen LogP contribution is 2.38.